The maximum absolute atomic E-state index is 11.6. The third kappa shape index (κ3) is 4.18. The number of hydrogen-bond acceptors (Lipinski definition) is 2. The Bertz CT molecular complexity index is 644. The van der Waals surface area contributed by atoms with Crippen LogP contribution in [0.5, 0.6) is 0 Å². The van der Waals surface area contributed by atoms with E-state index >= 15 is 0 Å². The summed E-state index contributed by atoms with van der Waals surface area (Å²) in [4.78, 5) is 0. The van der Waals surface area contributed by atoms with Gasteiger partial charge in [0, 0.05) is 12.0 Å². The highest BCUT2D eigenvalue weighted by atomic mass is 28.4. The Morgan fingerprint density at radius 1 is 1.12 bits per heavy atom. The first-order valence-corrected chi connectivity index (χ1v) is 16.0. The lowest BCUT2D eigenvalue weighted by Crippen LogP contribution is -2.52. The van der Waals surface area contributed by atoms with Gasteiger partial charge < -0.3 is 9.53 Å². The van der Waals surface area contributed by atoms with Crippen molar-refractivity contribution in [1.82, 2.24) is 0 Å². The number of benzene rings is 1. The van der Waals surface area contributed by atoms with E-state index in [9.17, 15) is 5.11 Å². The van der Waals surface area contributed by atoms with Crippen molar-refractivity contribution in [1.29, 1.82) is 0 Å². The van der Waals surface area contributed by atoms with Crippen LogP contribution in [0.2, 0.25) is 36.8 Å². The highest BCUT2D eigenvalue weighted by Gasteiger charge is 2.51. The maximum Gasteiger partial charge on any atom is 0.250 e. The molecule has 0 aliphatic heterocycles. The second-order valence-electron chi connectivity index (χ2n) is 10.1. The van der Waals surface area contributed by atoms with Crippen LogP contribution in [0.4, 0.5) is 0 Å². The Labute approximate surface area is 162 Å². The van der Waals surface area contributed by atoms with Gasteiger partial charge in [-0.25, -0.2) is 0 Å². The molecule has 0 spiro atoms. The van der Waals surface area contributed by atoms with Crippen LogP contribution in [0.1, 0.15) is 47.0 Å². The first-order chi connectivity index (χ1) is 11.8. The molecule has 0 unspecified atom stereocenters. The molecular weight excluding hydrogens is 352 g/mol. The van der Waals surface area contributed by atoms with E-state index in [0.717, 1.165) is 18.6 Å². The molecule has 1 aliphatic rings. The van der Waals surface area contributed by atoms with Crippen molar-refractivity contribution >= 4 is 21.6 Å². The van der Waals surface area contributed by atoms with Gasteiger partial charge in [0.25, 0.3) is 0 Å². The minimum atomic E-state index is -1.89. The van der Waals surface area contributed by atoms with E-state index in [4.69, 9.17) is 4.43 Å². The van der Waals surface area contributed by atoms with Gasteiger partial charge in [-0.1, -0.05) is 82.7 Å². The zero-order valence-corrected chi connectivity index (χ0v) is 20.0. The van der Waals surface area contributed by atoms with Gasteiger partial charge in [-0.15, -0.1) is 0 Å². The Morgan fingerprint density at radius 3 is 2.19 bits per heavy atom. The first-order valence-electron chi connectivity index (χ1n) is 10.0. The van der Waals surface area contributed by atoms with Crippen LogP contribution in [0.15, 0.2) is 42.2 Å². The molecule has 0 aromatic heterocycles. The van der Waals surface area contributed by atoms with Gasteiger partial charge in [0.05, 0.1) is 19.4 Å². The van der Waals surface area contributed by atoms with Crippen molar-refractivity contribution in [3.8, 4) is 0 Å². The van der Waals surface area contributed by atoms with Gasteiger partial charge in [0.15, 0.2) is 0 Å². The molecule has 26 heavy (non-hydrogen) atoms. The Kier molecular flexibility index (Phi) is 6.01. The summed E-state index contributed by atoms with van der Waals surface area (Å²) in [5.41, 5.74) is -0.477. The minimum Gasteiger partial charge on any atom is -0.547 e. The van der Waals surface area contributed by atoms with Gasteiger partial charge in [-0.05, 0) is 30.6 Å². The predicted molar refractivity (Wildman–Crippen MR) is 118 cm³/mol. The Morgan fingerprint density at radius 2 is 1.69 bits per heavy atom. The molecule has 1 aromatic carbocycles. The predicted octanol–water partition coefficient (Wildman–Crippen LogP) is 5.81. The van der Waals surface area contributed by atoms with Gasteiger partial charge in [-0.3, -0.25) is 0 Å². The van der Waals surface area contributed by atoms with E-state index in [1.165, 1.54) is 5.19 Å². The smallest absolute Gasteiger partial charge is 0.250 e. The van der Waals surface area contributed by atoms with Gasteiger partial charge in [-0.2, -0.15) is 0 Å². The van der Waals surface area contributed by atoms with Crippen LogP contribution in [-0.4, -0.2) is 27.1 Å². The molecule has 146 valence electrons. The van der Waals surface area contributed by atoms with Gasteiger partial charge in [0.2, 0.25) is 8.32 Å². The van der Waals surface area contributed by atoms with Crippen molar-refractivity contribution in [2.24, 2.45) is 0 Å². The largest absolute Gasteiger partial charge is 0.547 e. The Balaban J connectivity index is 2.39. The number of hydrogen-bond donors (Lipinski definition) is 1. The van der Waals surface area contributed by atoms with Crippen molar-refractivity contribution in [2.45, 2.75) is 89.3 Å². The lowest BCUT2D eigenvalue weighted by atomic mass is 9.95. The molecule has 1 aromatic rings. The number of aliphatic hydroxyl groups is 1. The fourth-order valence-corrected chi connectivity index (χ4v) is 8.67. The Hall–Kier alpha value is -0.846. The lowest BCUT2D eigenvalue weighted by molar-refractivity contribution is 0.0358. The van der Waals surface area contributed by atoms with Crippen molar-refractivity contribution in [2.75, 3.05) is 0 Å². The SMILES string of the molecule is CCC[C@]1(O)CC(O[Si](C)(C)C(C)(C)C)=C[C@@H]1[Si](C)(C)c1ccccc1. The second-order valence-corrected chi connectivity index (χ2v) is 19.5. The molecule has 2 nitrogen and oxygen atoms in total. The van der Waals surface area contributed by atoms with Crippen molar-refractivity contribution in [3.05, 3.63) is 42.2 Å². The zero-order valence-electron chi connectivity index (χ0n) is 18.0. The van der Waals surface area contributed by atoms with Crippen molar-refractivity contribution in [3.63, 3.8) is 0 Å². The topological polar surface area (TPSA) is 29.5 Å². The molecule has 0 saturated heterocycles. The average molecular weight is 391 g/mol. The molecular formula is C22H38O2Si2. The zero-order chi connectivity index (χ0) is 19.8. The quantitative estimate of drug-likeness (QED) is 0.621. The molecule has 0 radical (unpaired) electrons. The molecule has 0 heterocycles. The highest BCUT2D eigenvalue weighted by molar-refractivity contribution is 6.91. The molecule has 2 rings (SSSR count). The molecule has 0 bridgehead atoms. The van der Waals surface area contributed by atoms with E-state index < -0.39 is 22.0 Å². The maximum atomic E-state index is 11.6. The average Bonchev–Trinajstić information content (AvgIpc) is 2.83. The van der Waals surface area contributed by atoms with Crippen LogP contribution in [0.25, 0.3) is 0 Å². The van der Waals surface area contributed by atoms with Crippen LogP contribution < -0.4 is 5.19 Å². The fourth-order valence-electron chi connectivity index (χ4n) is 3.97. The lowest BCUT2D eigenvalue weighted by Gasteiger charge is -2.40. The third-order valence-corrected chi connectivity index (χ3v) is 15.0. The summed E-state index contributed by atoms with van der Waals surface area (Å²) in [7, 11) is -3.76. The van der Waals surface area contributed by atoms with Gasteiger partial charge >= 0.3 is 0 Å². The standard InChI is InChI=1S/C22H38O2Si2/c1-9-15-22(23)17-18(24-26(7,8)21(2,3)4)16-20(22)25(5,6)19-13-11-10-12-14-19/h10-14,16,20,23H,9,15,17H2,1-8H3/t20-,22-/m0/s1. The molecule has 1 N–H and O–H groups in total. The van der Waals surface area contributed by atoms with Crippen LogP contribution in [-0.2, 0) is 4.43 Å². The fraction of sp³-hybridized carbons (Fsp3) is 0.636. The monoisotopic (exact) mass is 390 g/mol. The molecule has 2 atom stereocenters. The summed E-state index contributed by atoms with van der Waals surface area (Å²) in [5.74, 6) is 1.04. The molecule has 0 saturated carbocycles. The molecule has 1 aliphatic carbocycles. The van der Waals surface area contributed by atoms with E-state index in [-0.39, 0.29) is 10.6 Å². The summed E-state index contributed by atoms with van der Waals surface area (Å²) in [6, 6.07) is 10.8. The van der Waals surface area contributed by atoms with Crippen molar-refractivity contribution < 1.29 is 9.53 Å². The summed E-state index contributed by atoms with van der Waals surface area (Å²) in [6.07, 6.45) is 4.80. The van der Waals surface area contributed by atoms with Crippen LogP contribution in [0, 0.1) is 0 Å². The summed E-state index contributed by atoms with van der Waals surface area (Å²) in [5, 5.41) is 13.2. The summed E-state index contributed by atoms with van der Waals surface area (Å²) < 4.78 is 6.63. The highest BCUT2D eigenvalue weighted by Crippen LogP contribution is 2.49. The van der Waals surface area contributed by atoms with Crippen LogP contribution >= 0.6 is 0 Å². The molecule has 0 fully saturated rings. The molecule has 4 heteroatoms. The van der Waals surface area contributed by atoms with E-state index in [2.05, 4.69) is 90.3 Å². The minimum absolute atomic E-state index is 0.168. The summed E-state index contributed by atoms with van der Waals surface area (Å²) >= 11 is 0. The second kappa shape index (κ2) is 7.29. The third-order valence-electron chi connectivity index (χ3n) is 6.58. The van der Waals surface area contributed by atoms with Crippen LogP contribution in [0.3, 0.4) is 0 Å². The van der Waals surface area contributed by atoms with E-state index in [1.807, 2.05) is 0 Å². The van der Waals surface area contributed by atoms with E-state index in [0.29, 0.717) is 6.42 Å². The number of rotatable bonds is 6. The van der Waals surface area contributed by atoms with Gasteiger partial charge in [0.1, 0.15) is 0 Å². The summed E-state index contributed by atoms with van der Waals surface area (Å²) in [6.45, 7) is 18.3. The first kappa shape index (κ1) is 21.5. The van der Waals surface area contributed by atoms with E-state index in [1.54, 1.807) is 0 Å². The normalized spacial score (nSPS) is 24.5. The molecule has 0 amide bonds.